The van der Waals surface area contributed by atoms with Crippen molar-refractivity contribution in [1.29, 1.82) is 0 Å². The zero-order valence-electron chi connectivity index (χ0n) is 18.5. The topological polar surface area (TPSA) is 56.8 Å². The molecule has 2 unspecified atom stereocenters. The molecule has 0 aromatic rings. The molecule has 1 aliphatic carbocycles. The Morgan fingerprint density at radius 1 is 1.07 bits per heavy atom. The molecule has 1 saturated carbocycles. The van der Waals surface area contributed by atoms with Crippen LogP contribution in [-0.2, 0) is 18.8 Å². The lowest BCUT2D eigenvalue weighted by Gasteiger charge is -2.32. The molecule has 156 valence electrons. The van der Waals surface area contributed by atoms with Crippen LogP contribution < -0.4 is 5.32 Å². The third-order valence-corrected chi connectivity index (χ3v) is 6.66. The van der Waals surface area contributed by atoms with Crippen LogP contribution in [0, 0.1) is 5.92 Å². The van der Waals surface area contributed by atoms with E-state index in [2.05, 4.69) is 39.9 Å². The average molecular weight is 381 g/mol. The lowest BCUT2D eigenvalue weighted by Crippen LogP contribution is -2.41. The Labute approximate surface area is 166 Å². The lowest BCUT2D eigenvalue weighted by atomic mass is 9.66. The van der Waals surface area contributed by atoms with E-state index in [-0.39, 0.29) is 36.2 Å². The van der Waals surface area contributed by atoms with Crippen LogP contribution in [0.5, 0.6) is 0 Å². The first-order chi connectivity index (χ1) is 12.6. The standard InChI is InChI=1S/C21H40BNO4/c1-15(19(24)23-7)14-16(2)25-18-12-8-10-17(11-9-13-18)22-26-20(3,4)21(5,6)27-22/h15-18H,8-14H2,1-7H3,(H,23,24). The number of rotatable bonds is 6. The van der Waals surface area contributed by atoms with Gasteiger partial charge in [0.15, 0.2) is 0 Å². The van der Waals surface area contributed by atoms with Crippen molar-refractivity contribution in [2.75, 3.05) is 7.05 Å². The summed E-state index contributed by atoms with van der Waals surface area (Å²) < 4.78 is 18.8. The molecule has 0 bridgehead atoms. The van der Waals surface area contributed by atoms with Crippen LogP contribution in [0.2, 0.25) is 5.82 Å². The summed E-state index contributed by atoms with van der Waals surface area (Å²) in [5.74, 6) is 0.553. The first-order valence-electron chi connectivity index (χ1n) is 10.8. The van der Waals surface area contributed by atoms with Crippen molar-refractivity contribution in [1.82, 2.24) is 5.32 Å². The van der Waals surface area contributed by atoms with Crippen LogP contribution in [0.1, 0.15) is 86.5 Å². The predicted octanol–water partition coefficient (Wildman–Crippen LogP) is 4.35. The second kappa shape index (κ2) is 9.28. The van der Waals surface area contributed by atoms with Gasteiger partial charge in [-0.05, 0) is 59.7 Å². The van der Waals surface area contributed by atoms with Crippen LogP contribution >= 0.6 is 0 Å². The van der Waals surface area contributed by atoms with Crippen molar-refractivity contribution >= 4 is 13.0 Å². The Balaban J connectivity index is 1.78. The number of ether oxygens (including phenoxy) is 1. The Hall–Kier alpha value is -0.585. The molecule has 2 aliphatic rings. The first-order valence-corrected chi connectivity index (χ1v) is 10.8. The Bertz CT molecular complexity index is 471. The fourth-order valence-electron chi connectivity index (χ4n) is 4.23. The molecule has 5 nitrogen and oxygen atoms in total. The van der Waals surface area contributed by atoms with Gasteiger partial charge in [0.1, 0.15) is 0 Å². The van der Waals surface area contributed by atoms with Gasteiger partial charge in [0.25, 0.3) is 0 Å². The fraction of sp³-hybridized carbons (Fsp3) is 0.952. The SMILES string of the molecule is CNC(=O)C(C)CC(C)OC1CCCC(B2OC(C)(C)C(C)(C)O2)CCC1. The van der Waals surface area contributed by atoms with Crippen LogP contribution in [0.3, 0.4) is 0 Å². The van der Waals surface area contributed by atoms with E-state index in [9.17, 15) is 4.79 Å². The maximum Gasteiger partial charge on any atom is 0.461 e. The highest BCUT2D eigenvalue weighted by Gasteiger charge is 2.53. The molecule has 2 atom stereocenters. The molecular formula is C21H40BNO4. The minimum Gasteiger partial charge on any atom is -0.403 e. The number of carbonyl (C=O) groups excluding carboxylic acids is 1. The van der Waals surface area contributed by atoms with Crippen molar-refractivity contribution in [3.05, 3.63) is 0 Å². The van der Waals surface area contributed by atoms with Gasteiger partial charge >= 0.3 is 7.12 Å². The molecule has 0 aromatic heterocycles. The molecule has 0 spiro atoms. The lowest BCUT2D eigenvalue weighted by molar-refractivity contribution is -0.125. The molecule has 1 aliphatic heterocycles. The van der Waals surface area contributed by atoms with Gasteiger partial charge in [0.2, 0.25) is 5.91 Å². The van der Waals surface area contributed by atoms with E-state index >= 15 is 0 Å². The zero-order valence-corrected chi connectivity index (χ0v) is 18.5. The quantitative estimate of drug-likeness (QED) is 0.695. The third kappa shape index (κ3) is 5.94. The van der Waals surface area contributed by atoms with E-state index in [1.165, 1.54) is 0 Å². The number of amides is 1. The molecule has 2 fully saturated rings. The van der Waals surface area contributed by atoms with E-state index in [4.69, 9.17) is 14.0 Å². The van der Waals surface area contributed by atoms with E-state index in [0.717, 1.165) is 44.9 Å². The van der Waals surface area contributed by atoms with Gasteiger partial charge in [-0.2, -0.15) is 0 Å². The minimum absolute atomic E-state index is 0.00805. The van der Waals surface area contributed by atoms with Crippen LogP contribution in [0.4, 0.5) is 0 Å². The summed E-state index contributed by atoms with van der Waals surface area (Å²) in [6.45, 7) is 12.6. The molecule has 6 heteroatoms. The molecule has 0 aromatic carbocycles. The molecule has 1 saturated heterocycles. The van der Waals surface area contributed by atoms with Gasteiger partial charge in [0, 0.05) is 13.0 Å². The van der Waals surface area contributed by atoms with E-state index < -0.39 is 0 Å². The maximum atomic E-state index is 11.7. The molecular weight excluding hydrogens is 341 g/mol. The molecule has 0 radical (unpaired) electrons. The van der Waals surface area contributed by atoms with Crippen molar-refractivity contribution in [2.45, 2.75) is 116 Å². The second-order valence-electron chi connectivity index (χ2n) is 9.57. The third-order valence-electron chi connectivity index (χ3n) is 6.66. The predicted molar refractivity (Wildman–Crippen MR) is 110 cm³/mol. The summed E-state index contributed by atoms with van der Waals surface area (Å²) in [6.07, 6.45) is 7.86. The summed E-state index contributed by atoms with van der Waals surface area (Å²) in [7, 11) is 1.61. The molecule has 1 heterocycles. The monoisotopic (exact) mass is 381 g/mol. The molecule has 1 N–H and O–H groups in total. The first kappa shape index (κ1) is 22.7. The minimum atomic E-state index is -0.247. The van der Waals surface area contributed by atoms with Crippen molar-refractivity contribution in [3.8, 4) is 0 Å². The van der Waals surface area contributed by atoms with Gasteiger partial charge in [-0.25, -0.2) is 0 Å². The molecule has 27 heavy (non-hydrogen) atoms. The fourth-order valence-corrected chi connectivity index (χ4v) is 4.23. The molecule has 1 amide bonds. The van der Waals surface area contributed by atoms with Crippen molar-refractivity contribution in [2.24, 2.45) is 5.92 Å². The van der Waals surface area contributed by atoms with Crippen molar-refractivity contribution in [3.63, 3.8) is 0 Å². The molecule has 2 rings (SSSR count). The largest absolute Gasteiger partial charge is 0.461 e. The van der Waals surface area contributed by atoms with Gasteiger partial charge in [-0.1, -0.05) is 32.6 Å². The van der Waals surface area contributed by atoms with Crippen LogP contribution in [-0.4, -0.2) is 43.5 Å². The van der Waals surface area contributed by atoms with E-state index in [1.54, 1.807) is 7.05 Å². The Morgan fingerprint density at radius 2 is 1.59 bits per heavy atom. The van der Waals surface area contributed by atoms with Gasteiger partial charge in [-0.3, -0.25) is 4.79 Å². The number of hydrogen-bond donors (Lipinski definition) is 1. The summed E-state index contributed by atoms with van der Waals surface area (Å²) in [6, 6.07) is 0. The smallest absolute Gasteiger partial charge is 0.403 e. The Morgan fingerprint density at radius 3 is 2.07 bits per heavy atom. The highest BCUT2D eigenvalue weighted by atomic mass is 16.7. The van der Waals surface area contributed by atoms with Crippen LogP contribution in [0.15, 0.2) is 0 Å². The zero-order chi connectivity index (χ0) is 20.2. The summed E-state index contributed by atoms with van der Waals surface area (Å²) in [5.41, 5.74) is -0.495. The van der Waals surface area contributed by atoms with Gasteiger partial charge < -0.3 is 19.4 Å². The summed E-state index contributed by atoms with van der Waals surface area (Å²) in [5, 5.41) is 2.72. The number of nitrogens with one attached hydrogen (secondary N) is 1. The normalized spacial score (nSPS) is 30.3. The van der Waals surface area contributed by atoms with E-state index in [0.29, 0.717) is 11.9 Å². The second-order valence-corrected chi connectivity index (χ2v) is 9.57. The average Bonchev–Trinajstić information content (AvgIpc) is 2.76. The number of carbonyl (C=O) groups is 1. The highest BCUT2D eigenvalue weighted by Crippen LogP contribution is 2.43. The maximum absolute atomic E-state index is 11.7. The number of hydrogen-bond acceptors (Lipinski definition) is 4. The van der Waals surface area contributed by atoms with Gasteiger partial charge in [-0.15, -0.1) is 0 Å². The van der Waals surface area contributed by atoms with E-state index in [1.807, 2.05) is 6.92 Å². The highest BCUT2D eigenvalue weighted by molar-refractivity contribution is 6.47. The van der Waals surface area contributed by atoms with Crippen molar-refractivity contribution < 1.29 is 18.8 Å². The summed E-state index contributed by atoms with van der Waals surface area (Å²) >= 11 is 0. The van der Waals surface area contributed by atoms with Gasteiger partial charge in [0.05, 0.1) is 23.4 Å². The van der Waals surface area contributed by atoms with Crippen LogP contribution in [0.25, 0.3) is 0 Å². The summed E-state index contributed by atoms with van der Waals surface area (Å²) in [4.78, 5) is 11.7. The Kier molecular flexibility index (Phi) is 7.80.